The molecule has 0 saturated carbocycles. The van der Waals surface area contributed by atoms with Gasteiger partial charge in [-0.1, -0.05) is 12.1 Å². The van der Waals surface area contributed by atoms with Crippen molar-refractivity contribution >= 4 is 6.02 Å². The normalized spacial score (nSPS) is 28.1. The zero-order chi connectivity index (χ0) is 13.2. The highest BCUT2D eigenvalue weighted by Gasteiger charge is 2.41. The Morgan fingerprint density at radius 3 is 3.05 bits per heavy atom. The van der Waals surface area contributed by atoms with Crippen LogP contribution >= 0.6 is 0 Å². The van der Waals surface area contributed by atoms with Crippen molar-refractivity contribution in [2.45, 2.75) is 31.4 Å². The minimum Gasteiger partial charge on any atom is -0.497 e. The average molecular weight is 260 g/mol. The molecule has 4 nitrogen and oxygen atoms in total. The highest BCUT2D eigenvalue weighted by molar-refractivity contribution is 5.76. The molecule has 102 valence electrons. The van der Waals surface area contributed by atoms with Crippen LogP contribution in [0.1, 0.15) is 30.9 Å². The van der Waals surface area contributed by atoms with Gasteiger partial charge in [-0.05, 0) is 37.0 Å². The number of aliphatic imine (C=N–C) groups is 1. The van der Waals surface area contributed by atoms with Gasteiger partial charge in [-0.3, -0.25) is 0 Å². The number of methoxy groups -OCH3 is 1. The molecule has 2 fully saturated rings. The van der Waals surface area contributed by atoms with Crippen LogP contribution in [-0.2, 0) is 4.74 Å². The topological polar surface area (TPSA) is 34.1 Å². The number of benzene rings is 1. The molecule has 2 heterocycles. The van der Waals surface area contributed by atoms with E-state index in [-0.39, 0.29) is 6.10 Å². The Hall–Kier alpha value is -1.71. The lowest BCUT2D eigenvalue weighted by molar-refractivity contribution is 0.167. The van der Waals surface area contributed by atoms with E-state index in [0.717, 1.165) is 18.3 Å². The number of ether oxygens (including phenoxy) is 2. The summed E-state index contributed by atoms with van der Waals surface area (Å²) in [5, 5.41) is 0. The summed E-state index contributed by atoms with van der Waals surface area (Å²) in [6, 6.07) is 9.36. The Morgan fingerprint density at radius 2 is 2.26 bits per heavy atom. The van der Waals surface area contributed by atoms with Crippen molar-refractivity contribution < 1.29 is 9.47 Å². The highest BCUT2D eigenvalue weighted by Crippen LogP contribution is 2.38. The van der Waals surface area contributed by atoms with Gasteiger partial charge in [0.05, 0.1) is 13.2 Å². The molecule has 0 bridgehead atoms. The number of hydrogen-bond acceptors (Lipinski definition) is 3. The van der Waals surface area contributed by atoms with Crippen LogP contribution in [0.15, 0.2) is 29.3 Å². The van der Waals surface area contributed by atoms with Gasteiger partial charge >= 0.3 is 0 Å². The number of nitrogens with zero attached hydrogens (tertiary/aromatic N) is 2. The predicted molar refractivity (Wildman–Crippen MR) is 74.5 cm³/mol. The van der Waals surface area contributed by atoms with E-state index in [2.05, 4.69) is 22.0 Å². The van der Waals surface area contributed by atoms with E-state index in [9.17, 15) is 0 Å². The fourth-order valence-electron chi connectivity index (χ4n) is 3.06. The maximum absolute atomic E-state index is 6.06. The molecule has 0 N–H and O–H groups in total. The average Bonchev–Trinajstić information content (AvgIpc) is 2.86. The van der Waals surface area contributed by atoms with Crippen LogP contribution in [0.25, 0.3) is 0 Å². The van der Waals surface area contributed by atoms with Crippen molar-refractivity contribution in [3.05, 3.63) is 29.8 Å². The second-order valence-electron chi connectivity index (χ2n) is 5.08. The molecule has 0 unspecified atom stereocenters. The zero-order valence-corrected chi connectivity index (χ0v) is 11.5. The van der Waals surface area contributed by atoms with E-state index < -0.39 is 0 Å². The van der Waals surface area contributed by atoms with Gasteiger partial charge in [-0.25, -0.2) is 4.99 Å². The Morgan fingerprint density at radius 1 is 1.37 bits per heavy atom. The highest BCUT2D eigenvalue weighted by atomic mass is 16.5. The Kier molecular flexibility index (Phi) is 3.32. The maximum Gasteiger partial charge on any atom is 0.288 e. The maximum atomic E-state index is 6.06. The number of fused-ring (bicyclic) bond motifs is 1. The van der Waals surface area contributed by atoms with Gasteiger partial charge in [0.1, 0.15) is 11.9 Å². The summed E-state index contributed by atoms with van der Waals surface area (Å²) in [5.74, 6) is 0.880. The van der Waals surface area contributed by atoms with Gasteiger partial charge in [0.15, 0.2) is 0 Å². The molecule has 2 saturated heterocycles. The van der Waals surface area contributed by atoms with E-state index in [1.807, 2.05) is 12.1 Å². The standard InChI is InChI=1S/C15H20N2O2/c1-16-15-17-9-4-3-8-13(17)14(19-15)11-6-5-7-12(10-11)18-2/h5-7,10,13-14H,3-4,8-9H2,1-2H3/t13-,14+/m1/s1. The summed E-state index contributed by atoms with van der Waals surface area (Å²) < 4.78 is 11.4. The summed E-state index contributed by atoms with van der Waals surface area (Å²) in [4.78, 5) is 6.59. The van der Waals surface area contributed by atoms with Gasteiger partial charge in [0.25, 0.3) is 6.02 Å². The number of hydrogen-bond donors (Lipinski definition) is 0. The van der Waals surface area contributed by atoms with Gasteiger partial charge in [0, 0.05) is 13.6 Å². The summed E-state index contributed by atoms with van der Waals surface area (Å²) in [6.07, 6.45) is 3.74. The third-order valence-electron chi connectivity index (χ3n) is 3.99. The molecule has 3 rings (SSSR count). The molecule has 0 aliphatic carbocycles. The van der Waals surface area contributed by atoms with Gasteiger partial charge < -0.3 is 14.4 Å². The molecule has 2 aliphatic heterocycles. The smallest absolute Gasteiger partial charge is 0.288 e. The molecule has 0 spiro atoms. The quantitative estimate of drug-likeness (QED) is 0.819. The predicted octanol–water partition coefficient (Wildman–Crippen LogP) is 2.61. The molecule has 1 aromatic rings. The summed E-state index contributed by atoms with van der Waals surface area (Å²) in [5.41, 5.74) is 1.18. The van der Waals surface area contributed by atoms with E-state index in [4.69, 9.17) is 9.47 Å². The summed E-state index contributed by atoms with van der Waals surface area (Å²) in [7, 11) is 3.50. The summed E-state index contributed by atoms with van der Waals surface area (Å²) >= 11 is 0. The number of piperidine rings is 1. The largest absolute Gasteiger partial charge is 0.497 e. The lowest BCUT2D eigenvalue weighted by Crippen LogP contribution is -2.38. The first kappa shape index (κ1) is 12.3. The van der Waals surface area contributed by atoms with Crippen LogP contribution in [0.4, 0.5) is 0 Å². The number of rotatable bonds is 2. The molecular weight excluding hydrogens is 240 g/mol. The van der Waals surface area contributed by atoms with E-state index in [1.165, 1.54) is 24.8 Å². The SMILES string of the molecule is CN=C1O[C@@H](c2cccc(OC)c2)[C@H]2CCCCN12. The van der Waals surface area contributed by atoms with Crippen LogP contribution in [0.2, 0.25) is 0 Å². The van der Waals surface area contributed by atoms with Crippen molar-refractivity contribution in [2.75, 3.05) is 20.7 Å². The van der Waals surface area contributed by atoms with Gasteiger partial charge in [-0.15, -0.1) is 0 Å². The molecule has 19 heavy (non-hydrogen) atoms. The number of amidine groups is 1. The Bertz CT molecular complexity index is 487. The van der Waals surface area contributed by atoms with Gasteiger partial charge in [0.2, 0.25) is 0 Å². The molecule has 2 atom stereocenters. The van der Waals surface area contributed by atoms with Crippen molar-refractivity contribution in [1.29, 1.82) is 0 Å². The van der Waals surface area contributed by atoms with E-state index in [0.29, 0.717) is 6.04 Å². The molecule has 2 aliphatic rings. The van der Waals surface area contributed by atoms with Crippen LogP contribution in [0, 0.1) is 0 Å². The van der Waals surface area contributed by atoms with Crippen LogP contribution in [0.3, 0.4) is 0 Å². The van der Waals surface area contributed by atoms with Crippen LogP contribution in [-0.4, -0.2) is 37.7 Å². The van der Waals surface area contributed by atoms with Crippen molar-refractivity contribution in [3.8, 4) is 5.75 Å². The second-order valence-corrected chi connectivity index (χ2v) is 5.08. The van der Waals surface area contributed by atoms with E-state index in [1.54, 1.807) is 14.2 Å². The molecule has 0 aromatic heterocycles. The third-order valence-corrected chi connectivity index (χ3v) is 3.99. The fraction of sp³-hybridized carbons (Fsp3) is 0.533. The minimum absolute atomic E-state index is 0.0779. The van der Waals surface area contributed by atoms with Gasteiger partial charge in [-0.2, -0.15) is 0 Å². The molecule has 0 amide bonds. The Balaban J connectivity index is 1.91. The van der Waals surface area contributed by atoms with E-state index >= 15 is 0 Å². The fourth-order valence-corrected chi connectivity index (χ4v) is 3.06. The first-order valence-corrected chi connectivity index (χ1v) is 6.87. The second kappa shape index (κ2) is 5.11. The first-order chi connectivity index (χ1) is 9.33. The van der Waals surface area contributed by atoms with Crippen molar-refractivity contribution in [2.24, 2.45) is 4.99 Å². The first-order valence-electron chi connectivity index (χ1n) is 6.87. The lowest BCUT2D eigenvalue weighted by atomic mass is 9.94. The molecule has 1 aromatic carbocycles. The third kappa shape index (κ3) is 2.15. The summed E-state index contributed by atoms with van der Waals surface area (Å²) in [6.45, 7) is 1.05. The molecule has 0 radical (unpaired) electrons. The Labute approximate surface area is 114 Å². The monoisotopic (exact) mass is 260 g/mol. The van der Waals surface area contributed by atoms with Crippen LogP contribution in [0.5, 0.6) is 5.75 Å². The minimum atomic E-state index is 0.0779. The lowest BCUT2D eigenvalue weighted by Gasteiger charge is -2.30. The van der Waals surface area contributed by atoms with Crippen molar-refractivity contribution in [3.63, 3.8) is 0 Å². The molecule has 4 heteroatoms. The van der Waals surface area contributed by atoms with Crippen LogP contribution < -0.4 is 4.74 Å². The zero-order valence-electron chi connectivity index (χ0n) is 11.5. The molecular formula is C15H20N2O2. The van der Waals surface area contributed by atoms with Crippen molar-refractivity contribution in [1.82, 2.24) is 4.90 Å².